The molecule has 0 amide bonds. The van der Waals surface area contributed by atoms with Crippen molar-refractivity contribution in [3.8, 4) is 28.8 Å². The SMILES string of the molecule is COc1cn[nH]c1-c1nc(C(F)(F)C(F)(F)F)c(Oc2ccc(Cl)c(Cl)c2)c(=O)[nH]1. The first-order valence-electron chi connectivity index (χ1n) is 7.75. The van der Waals surface area contributed by atoms with E-state index >= 15 is 0 Å². The molecule has 30 heavy (non-hydrogen) atoms. The van der Waals surface area contributed by atoms with Gasteiger partial charge in [0.1, 0.15) is 11.4 Å². The standard InChI is InChI=1S/C16H9Cl2F5N4O3/c1-29-9-5-24-27-10(9)13-25-12(15(19,20)16(21,22)23)11(14(28)26-13)30-6-2-3-7(17)8(18)4-6/h2-5H,1H3,(H,24,27)(H,25,26,28). The third-order valence-electron chi connectivity index (χ3n) is 3.70. The molecule has 0 aliphatic rings. The molecule has 3 rings (SSSR count). The lowest BCUT2D eigenvalue weighted by molar-refractivity contribution is -0.291. The second kappa shape index (κ2) is 7.76. The van der Waals surface area contributed by atoms with Gasteiger partial charge in [0.05, 0.1) is 23.4 Å². The molecule has 0 fully saturated rings. The van der Waals surface area contributed by atoms with Crippen molar-refractivity contribution in [1.29, 1.82) is 0 Å². The number of hydrogen-bond acceptors (Lipinski definition) is 5. The predicted octanol–water partition coefficient (Wildman–Crippen LogP) is 4.92. The quantitative estimate of drug-likeness (QED) is 0.516. The summed E-state index contributed by atoms with van der Waals surface area (Å²) in [6.45, 7) is 0. The van der Waals surface area contributed by atoms with Gasteiger partial charge in [0, 0.05) is 6.07 Å². The van der Waals surface area contributed by atoms with Crippen molar-refractivity contribution >= 4 is 23.2 Å². The van der Waals surface area contributed by atoms with Crippen LogP contribution in [0.3, 0.4) is 0 Å². The van der Waals surface area contributed by atoms with Crippen LogP contribution in [0.4, 0.5) is 22.0 Å². The molecule has 0 radical (unpaired) electrons. The number of rotatable bonds is 5. The van der Waals surface area contributed by atoms with Gasteiger partial charge in [-0.3, -0.25) is 9.89 Å². The average Bonchev–Trinajstić information content (AvgIpc) is 3.13. The zero-order chi connectivity index (χ0) is 22.3. The van der Waals surface area contributed by atoms with Crippen LogP contribution in [0, 0.1) is 0 Å². The van der Waals surface area contributed by atoms with Crippen molar-refractivity contribution < 1.29 is 31.4 Å². The number of H-pyrrole nitrogens is 2. The summed E-state index contributed by atoms with van der Waals surface area (Å²) in [4.78, 5) is 17.8. The first kappa shape index (κ1) is 21.8. The first-order valence-corrected chi connectivity index (χ1v) is 8.51. The van der Waals surface area contributed by atoms with Crippen LogP contribution in [-0.4, -0.2) is 33.5 Å². The maximum atomic E-state index is 14.2. The number of aromatic amines is 2. The normalized spacial score (nSPS) is 12.1. The number of methoxy groups -OCH3 is 1. The molecule has 0 bridgehead atoms. The Kier molecular flexibility index (Phi) is 5.65. The van der Waals surface area contributed by atoms with Gasteiger partial charge < -0.3 is 14.5 Å². The lowest BCUT2D eigenvalue weighted by Gasteiger charge is -2.21. The minimum atomic E-state index is -6.07. The fourth-order valence-electron chi connectivity index (χ4n) is 2.28. The van der Waals surface area contributed by atoms with E-state index in [0.29, 0.717) is 0 Å². The predicted molar refractivity (Wildman–Crippen MR) is 95.5 cm³/mol. The van der Waals surface area contributed by atoms with Gasteiger partial charge in [-0.2, -0.15) is 27.1 Å². The summed E-state index contributed by atoms with van der Waals surface area (Å²) in [7, 11) is 1.19. The van der Waals surface area contributed by atoms with Crippen molar-refractivity contribution in [2.75, 3.05) is 7.11 Å². The summed E-state index contributed by atoms with van der Waals surface area (Å²) < 4.78 is 77.6. The van der Waals surface area contributed by atoms with Crippen molar-refractivity contribution in [3.05, 3.63) is 50.5 Å². The minimum Gasteiger partial charge on any atom is -0.493 e. The van der Waals surface area contributed by atoms with Crippen LogP contribution in [0.5, 0.6) is 17.2 Å². The number of nitrogens with one attached hydrogen (secondary N) is 2. The second-order valence-corrected chi connectivity index (χ2v) is 6.47. The molecule has 0 aliphatic carbocycles. The van der Waals surface area contributed by atoms with Crippen LogP contribution in [-0.2, 0) is 5.92 Å². The zero-order valence-electron chi connectivity index (χ0n) is 14.6. The second-order valence-electron chi connectivity index (χ2n) is 5.66. The number of aromatic nitrogens is 4. The number of alkyl halides is 5. The summed E-state index contributed by atoms with van der Waals surface area (Å²) in [5.74, 6) is -7.96. The summed E-state index contributed by atoms with van der Waals surface area (Å²) in [5.41, 5.74) is -3.60. The third kappa shape index (κ3) is 3.92. The molecule has 3 aromatic rings. The third-order valence-corrected chi connectivity index (χ3v) is 4.44. The molecular formula is C16H9Cl2F5N4O3. The summed E-state index contributed by atoms with van der Waals surface area (Å²) in [6.07, 6.45) is -4.96. The van der Waals surface area contributed by atoms with Gasteiger partial charge in [0.2, 0.25) is 5.75 Å². The molecule has 0 aliphatic heterocycles. The van der Waals surface area contributed by atoms with E-state index in [-0.39, 0.29) is 27.2 Å². The molecule has 2 heterocycles. The molecule has 2 aromatic heterocycles. The van der Waals surface area contributed by atoms with Crippen LogP contribution >= 0.6 is 23.2 Å². The monoisotopic (exact) mass is 470 g/mol. The zero-order valence-corrected chi connectivity index (χ0v) is 16.1. The van der Waals surface area contributed by atoms with Gasteiger partial charge in [0.25, 0.3) is 5.56 Å². The number of benzene rings is 1. The number of hydrogen-bond donors (Lipinski definition) is 2. The van der Waals surface area contributed by atoms with Crippen LogP contribution in [0.25, 0.3) is 11.5 Å². The van der Waals surface area contributed by atoms with Gasteiger partial charge in [-0.1, -0.05) is 23.2 Å². The molecule has 1 aromatic carbocycles. The van der Waals surface area contributed by atoms with Crippen LogP contribution in [0.2, 0.25) is 10.0 Å². The molecular weight excluding hydrogens is 462 g/mol. The molecule has 0 spiro atoms. The molecule has 0 unspecified atom stereocenters. The molecule has 160 valence electrons. The van der Waals surface area contributed by atoms with E-state index in [1.165, 1.54) is 13.2 Å². The van der Waals surface area contributed by atoms with E-state index < -0.39 is 34.9 Å². The molecule has 14 heteroatoms. The Morgan fingerprint density at radius 2 is 1.80 bits per heavy atom. The highest BCUT2D eigenvalue weighted by Crippen LogP contribution is 2.46. The van der Waals surface area contributed by atoms with Gasteiger partial charge in [-0.25, -0.2) is 4.98 Å². The van der Waals surface area contributed by atoms with Crippen LogP contribution in [0.1, 0.15) is 5.69 Å². The van der Waals surface area contributed by atoms with Crippen molar-refractivity contribution in [2.24, 2.45) is 0 Å². The Balaban J connectivity index is 2.23. The Morgan fingerprint density at radius 3 is 2.40 bits per heavy atom. The van der Waals surface area contributed by atoms with Gasteiger partial charge in [-0.15, -0.1) is 0 Å². The number of halogens is 7. The number of nitrogens with zero attached hydrogens (tertiary/aromatic N) is 2. The van der Waals surface area contributed by atoms with E-state index in [0.717, 1.165) is 18.3 Å². The molecule has 0 saturated carbocycles. The van der Waals surface area contributed by atoms with Gasteiger partial charge >= 0.3 is 12.1 Å². The largest absolute Gasteiger partial charge is 0.493 e. The minimum absolute atomic E-state index is 0.0578. The maximum Gasteiger partial charge on any atom is 0.459 e. The highest BCUT2D eigenvalue weighted by Gasteiger charge is 2.62. The maximum absolute atomic E-state index is 14.2. The average molecular weight is 471 g/mol. The van der Waals surface area contributed by atoms with E-state index in [1.807, 2.05) is 0 Å². The van der Waals surface area contributed by atoms with E-state index in [2.05, 4.69) is 20.2 Å². The van der Waals surface area contributed by atoms with Crippen LogP contribution in [0.15, 0.2) is 29.2 Å². The first-order chi connectivity index (χ1) is 14.0. The highest BCUT2D eigenvalue weighted by molar-refractivity contribution is 6.42. The fraction of sp³-hybridized carbons (Fsp3) is 0.188. The summed E-state index contributed by atoms with van der Waals surface area (Å²) >= 11 is 11.5. The summed E-state index contributed by atoms with van der Waals surface area (Å²) in [5, 5.41) is 5.85. The summed E-state index contributed by atoms with van der Waals surface area (Å²) in [6, 6.07) is 3.35. The Hall–Kier alpha value is -2.86. The van der Waals surface area contributed by atoms with Crippen LogP contribution < -0.4 is 15.0 Å². The van der Waals surface area contributed by atoms with E-state index in [1.54, 1.807) is 0 Å². The van der Waals surface area contributed by atoms with Gasteiger partial charge in [0.15, 0.2) is 17.3 Å². The molecule has 0 saturated heterocycles. The fourth-order valence-corrected chi connectivity index (χ4v) is 2.57. The Bertz CT molecular complexity index is 1150. The number of ether oxygens (including phenoxy) is 2. The topological polar surface area (TPSA) is 92.9 Å². The van der Waals surface area contributed by atoms with E-state index in [9.17, 15) is 26.7 Å². The van der Waals surface area contributed by atoms with E-state index in [4.69, 9.17) is 32.7 Å². The molecule has 7 nitrogen and oxygen atoms in total. The van der Waals surface area contributed by atoms with Crippen molar-refractivity contribution in [1.82, 2.24) is 20.2 Å². The lowest BCUT2D eigenvalue weighted by atomic mass is 10.2. The van der Waals surface area contributed by atoms with Crippen molar-refractivity contribution in [2.45, 2.75) is 12.1 Å². The van der Waals surface area contributed by atoms with Crippen molar-refractivity contribution in [3.63, 3.8) is 0 Å². The molecule has 2 N–H and O–H groups in total. The Morgan fingerprint density at radius 1 is 1.10 bits per heavy atom. The molecule has 0 atom stereocenters. The van der Waals surface area contributed by atoms with Gasteiger partial charge in [-0.05, 0) is 12.1 Å². The smallest absolute Gasteiger partial charge is 0.459 e. The lowest BCUT2D eigenvalue weighted by Crippen LogP contribution is -2.36. The highest BCUT2D eigenvalue weighted by atomic mass is 35.5. The Labute approximate surface area is 173 Å².